The smallest absolute Gasteiger partial charge is 0.484 e. The molecule has 0 saturated carbocycles. The molecule has 152 valence electrons. The Balaban J connectivity index is 1.98. The van der Waals surface area contributed by atoms with E-state index in [9.17, 15) is 26.3 Å². The summed E-state index contributed by atoms with van der Waals surface area (Å²) in [6, 6.07) is 10.8. The minimum absolute atomic E-state index is 0.0185. The lowest BCUT2D eigenvalue weighted by Gasteiger charge is -2.12. The number of alkyl halides is 6. The zero-order chi connectivity index (χ0) is 20.8. The minimum Gasteiger partial charge on any atom is -0.484 e. The van der Waals surface area contributed by atoms with E-state index in [4.69, 9.17) is 10.5 Å². The molecule has 2 rings (SSSR count). The van der Waals surface area contributed by atoms with Crippen molar-refractivity contribution >= 4 is 11.6 Å². The van der Waals surface area contributed by atoms with Crippen molar-refractivity contribution in [2.24, 2.45) is 10.7 Å². The molecular formula is C17H15F6N3O2. The molecule has 0 heterocycles. The summed E-state index contributed by atoms with van der Waals surface area (Å²) in [5, 5.41) is 2.65. The molecule has 28 heavy (non-hydrogen) atoms. The lowest BCUT2D eigenvalue weighted by atomic mass is 10.2. The van der Waals surface area contributed by atoms with E-state index < -0.39 is 24.9 Å². The van der Waals surface area contributed by atoms with Crippen LogP contribution in [0.2, 0.25) is 0 Å². The molecule has 0 atom stereocenters. The number of rotatable bonds is 6. The van der Waals surface area contributed by atoms with E-state index in [1.54, 1.807) is 6.07 Å². The molecular weight excluding hydrogens is 392 g/mol. The molecule has 0 unspecified atom stereocenters. The first-order valence-electron chi connectivity index (χ1n) is 7.72. The molecule has 0 saturated heterocycles. The van der Waals surface area contributed by atoms with E-state index in [1.807, 2.05) is 0 Å². The Bertz CT molecular complexity index is 804. The van der Waals surface area contributed by atoms with Crippen LogP contribution in [0.4, 0.5) is 32.0 Å². The normalized spacial score (nSPS) is 12.6. The maximum atomic E-state index is 12.3. The van der Waals surface area contributed by atoms with Crippen LogP contribution < -0.4 is 20.5 Å². The van der Waals surface area contributed by atoms with E-state index in [0.717, 1.165) is 12.1 Å². The summed E-state index contributed by atoms with van der Waals surface area (Å²) >= 11 is 0. The second kappa shape index (κ2) is 8.72. The predicted octanol–water partition coefficient (Wildman–Crippen LogP) is 4.45. The Morgan fingerprint density at radius 2 is 1.61 bits per heavy atom. The predicted molar refractivity (Wildman–Crippen MR) is 90.1 cm³/mol. The Kier molecular flexibility index (Phi) is 6.60. The quantitative estimate of drug-likeness (QED) is 0.422. The van der Waals surface area contributed by atoms with Crippen LogP contribution in [0.25, 0.3) is 0 Å². The molecule has 0 aliphatic heterocycles. The average molecular weight is 407 g/mol. The summed E-state index contributed by atoms with van der Waals surface area (Å²) in [7, 11) is 0. The van der Waals surface area contributed by atoms with Gasteiger partial charge in [-0.1, -0.05) is 18.2 Å². The summed E-state index contributed by atoms with van der Waals surface area (Å²) in [5.74, 6) is -0.468. The Labute approximate surface area is 155 Å². The number of anilines is 1. The summed E-state index contributed by atoms with van der Waals surface area (Å²) in [6.07, 6.45) is -9.27. The molecule has 0 fully saturated rings. The van der Waals surface area contributed by atoms with Gasteiger partial charge in [-0.3, -0.25) is 0 Å². The number of hydrogen-bond donors (Lipinski definition) is 2. The second-order valence-electron chi connectivity index (χ2n) is 5.41. The molecule has 11 heteroatoms. The summed E-state index contributed by atoms with van der Waals surface area (Å²) in [5.41, 5.74) is 6.42. The third kappa shape index (κ3) is 7.64. The fourth-order valence-electron chi connectivity index (χ4n) is 2.03. The van der Waals surface area contributed by atoms with E-state index >= 15 is 0 Å². The van der Waals surface area contributed by atoms with Crippen molar-refractivity contribution in [3.8, 4) is 11.5 Å². The van der Waals surface area contributed by atoms with Crippen LogP contribution in [-0.4, -0.2) is 25.1 Å². The SMILES string of the molecule is NC(=NCc1ccccc1OCC(F)(F)F)Nc1ccc(OC(F)(F)F)cc1. The number of ether oxygens (including phenoxy) is 2. The molecule has 2 aromatic rings. The van der Waals surface area contributed by atoms with Crippen molar-refractivity contribution in [3.63, 3.8) is 0 Å². The zero-order valence-electron chi connectivity index (χ0n) is 14.1. The summed E-state index contributed by atoms with van der Waals surface area (Å²) < 4.78 is 81.7. The van der Waals surface area contributed by atoms with Crippen molar-refractivity contribution in [2.45, 2.75) is 19.1 Å². The zero-order valence-corrected chi connectivity index (χ0v) is 14.1. The number of nitrogens with one attached hydrogen (secondary N) is 1. The van der Waals surface area contributed by atoms with E-state index in [0.29, 0.717) is 11.3 Å². The van der Waals surface area contributed by atoms with Crippen molar-refractivity contribution in [1.29, 1.82) is 0 Å². The van der Waals surface area contributed by atoms with Gasteiger partial charge in [-0.05, 0) is 30.3 Å². The highest BCUT2D eigenvalue weighted by Crippen LogP contribution is 2.24. The van der Waals surface area contributed by atoms with Gasteiger partial charge in [-0.2, -0.15) is 13.2 Å². The first-order valence-corrected chi connectivity index (χ1v) is 7.72. The summed E-state index contributed by atoms with van der Waals surface area (Å²) in [4.78, 5) is 3.99. The van der Waals surface area contributed by atoms with Gasteiger partial charge < -0.3 is 20.5 Å². The fraction of sp³-hybridized carbons (Fsp3) is 0.235. The number of nitrogens with zero attached hydrogens (tertiary/aromatic N) is 1. The molecule has 0 spiro atoms. The lowest BCUT2D eigenvalue weighted by molar-refractivity contribution is -0.274. The molecule has 0 aromatic heterocycles. The Morgan fingerprint density at radius 3 is 2.21 bits per heavy atom. The highest BCUT2D eigenvalue weighted by atomic mass is 19.4. The van der Waals surface area contributed by atoms with Gasteiger partial charge in [0.25, 0.3) is 0 Å². The van der Waals surface area contributed by atoms with Crippen LogP contribution in [0, 0.1) is 0 Å². The van der Waals surface area contributed by atoms with Gasteiger partial charge in [-0.15, -0.1) is 13.2 Å². The molecule has 0 amide bonds. The van der Waals surface area contributed by atoms with Crippen LogP contribution >= 0.6 is 0 Å². The number of halogens is 6. The van der Waals surface area contributed by atoms with Crippen LogP contribution in [0.5, 0.6) is 11.5 Å². The molecule has 0 aliphatic carbocycles. The highest BCUT2D eigenvalue weighted by molar-refractivity contribution is 5.92. The third-order valence-electron chi connectivity index (χ3n) is 3.14. The van der Waals surface area contributed by atoms with Gasteiger partial charge in [0.1, 0.15) is 11.5 Å². The number of nitrogens with two attached hydrogens (primary N) is 1. The van der Waals surface area contributed by atoms with E-state index in [-0.39, 0.29) is 18.3 Å². The highest BCUT2D eigenvalue weighted by Gasteiger charge is 2.31. The number of para-hydroxylation sites is 1. The van der Waals surface area contributed by atoms with Gasteiger partial charge in [0.15, 0.2) is 12.6 Å². The number of aliphatic imine (C=N–C) groups is 1. The minimum atomic E-state index is -4.79. The van der Waals surface area contributed by atoms with Gasteiger partial charge in [0.05, 0.1) is 6.54 Å². The largest absolute Gasteiger partial charge is 0.573 e. The Morgan fingerprint density at radius 1 is 0.964 bits per heavy atom. The molecule has 0 radical (unpaired) electrons. The van der Waals surface area contributed by atoms with Crippen LogP contribution in [-0.2, 0) is 6.54 Å². The number of benzene rings is 2. The van der Waals surface area contributed by atoms with Crippen LogP contribution in [0.15, 0.2) is 53.5 Å². The van der Waals surface area contributed by atoms with Crippen molar-refractivity contribution in [2.75, 3.05) is 11.9 Å². The maximum absolute atomic E-state index is 12.3. The maximum Gasteiger partial charge on any atom is 0.573 e. The van der Waals surface area contributed by atoms with E-state index in [2.05, 4.69) is 15.0 Å². The van der Waals surface area contributed by atoms with Gasteiger partial charge in [0.2, 0.25) is 0 Å². The molecule has 0 aliphatic rings. The Hall–Kier alpha value is -3.11. The van der Waals surface area contributed by atoms with Crippen LogP contribution in [0.1, 0.15) is 5.56 Å². The standard InChI is InChI=1S/C17H15F6N3O2/c18-16(19,20)10-27-14-4-2-1-3-11(14)9-25-15(24)26-12-5-7-13(8-6-12)28-17(21,22)23/h1-8H,9-10H2,(H3,24,25,26). The third-order valence-corrected chi connectivity index (χ3v) is 3.14. The first-order chi connectivity index (χ1) is 13.0. The van der Waals surface area contributed by atoms with Gasteiger partial charge >= 0.3 is 12.5 Å². The second-order valence-corrected chi connectivity index (χ2v) is 5.41. The molecule has 3 N–H and O–H groups in total. The molecule has 2 aromatic carbocycles. The number of guanidine groups is 1. The van der Waals surface area contributed by atoms with Crippen molar-refractivity contribution in [1.82, 2.24) is 0 Å². The molecule has 0 bridgehead atoms. The lowest BCUT2D eigenvalue weighted by Crippen LogP contribution is -2.23. The van der Waals surface area contributed by atoms with Gasteiger partial charge in [-0.25, -0.2) is 4.99 Å². The average Bonchev–Trinajstić information content (AvgIpc) is 2.58. The first kappa shape index (κ1) is 21.2. The number of hydrogen-bond acceptors (Lipinski definition) is 3. The monoisotopic (exact) mass is 407 g/mol. The van der Waals surface area contributed by atoms with Gasteiger partial charge in [0, 0.05) is 11.3 Å². The van der Waals surface area contributed by atoms with E-state index in [1.165, 1.54) is 30.3 Å². The summed E-state index contributed by atoms with van der Waals surface area (Å²) in [6.45, 7) is -1.50. The fourth-order valence-corrected chi connectivity index (χ4v) is 2.03. The topological polar surface area (TPSA) is 68.9 Å². The van der Waals surface area contributed by atoms with Crippen molar-refractivity contribution in [3.05, 3.63) is 54.1 Å². The molecule has 5 nitrogen and oxygen atoms in total. The van der Waals surface area contributed by atoms with Crippen molar-refractivity contribution < 1.29 is 35.8 Å². The van der Waals surface area contributed by atoms with Crippen LogP contribution in [0.3, 0.4) is 0 Å².